The van der Waals surface area contributed by atoms with Gasteiger partial charge in [-0.15, -0.1) is 0 Å². The molecule has 1 aliphatic rings. The number of carbonyl (C=O) groups is 2. The first-order valence-corrected chi connectivity index (χ1v) is 6.61. The van der Waals surface area contributed by atoms with Gasteiger partial charge in [-0.2, -0.15) is 0 Å². The summed E-state index contributed by atoms with van der Waals surface area (Å²) in [5.41, 5.74) is -1.43. The number of carbonyl (C=O) groups excluding carboxylic acids is 1. The lowest BCUT2D eigenvalue weighted by Crippen LogP contribution is -2.60. The molecular formula is C13H24N2O3. The fourth-order valence-corrected chi connectivity index (χ4v) is 2.23. The topological polar surface area (TPSA) is 78.4 Å². The van der Waals surface area contributed by atoms with E-state index < -0.39 is 17.5 Å². The summed E-state index contributed by atoms with van der Waals surface area (Å²) in [6, 6.07) is -0.391. The molecule has 18 heavy (non-hydrogen) atoms. The van der Waals surface area contributed by atoms with Crippen LogP contribution in [0.4, 0.5) is 4.79 Å². The zero-order chi connectivity index (χ0) is 14.0. The minimum absolute atomic E-state index is 0.268. The van der Waals surface area contributed by atoms with Crippen LogP contribution in [0.2, 0.25) is 0 Å². The van der Waals surface area contributed by atoms with Crippen LogP contribution < -0.4 is 10.6 Å². The van der Waals surface area contributed by atoms with E-state index in [2.05, 4.69) is 10.6 Å². The average molecular weight is 256 g/mol. The third-order valence-electron chi connectivity index (χ3n) is 4.00. The van der Waals surface area contributed by atoms with Gasteiger partial charge in [0.1, 0.15) is 5.54 Å². The maximum Gasteiger partial charge on any atom is 0.329 e. The minimum Gasteiger partial charge on any atom is -0.480 e. The van der Waals surface area contributed by atoms with Crippen molar-refractivity contribution in [2.45, 2.75) is 64.5 Å². The number of nitrogens with one attached hydrogen (secondary N) is 2. The maximum absolute atomic E-state index is 11.9. The Morgan fingerprint density at radius 1 is 1.17 bits per heavy atom. The van der Waals surface area contributed by atoms with Crippen LogP contribution in [0.5, 0.6) is 0 Å². The summed E-state index contributed by atoms with van der Waals surface area (Å²) in [7, 11) is 0. The number of rotatable bonds is 6. The molecule has 0 atom stereocenters. The maximum atomic E-state index is 11.9. The summed E-state index contributed by atoms with van der Waals surface area (Å²) in [4.78, 5) is 23.2. The van der Waals surface area contributed by atoms with E-state index in [4.69, 9.17) is 0 Å². The first-order chi connectivity index (χ1) is 8.27. The van der Waals surface area contributed by atoms with Crippen LogP contribution in [0, 0.1) is 5.92 Å². The Morgan fingerprint density at radius 3 is 2.00 bits per heavy atom. The van der Waals surface area contributed by atoms with Crippen molar-refractivity contribution in [2.75, 3.05) is 0 Å². The molecule has 0 bridgehead atoms. The van der Waals surface area contributed by atoms with Gasteiger partial charge >= 0.3 is 12.0 Å². The zero-order valence-corrected chi connectivity index (χ0v) is 11.7. The molecule has 5 heteroatoms. The number of carboxylic acid groups (broad SMARTS) is 1. The number of carboxylic acids is 1. The molecule has 1 aliphatic carbocycles. The smallest absolute Gasteiger partial charge is 0.329 e. The molecule has 0 spiro atoms. The molecule has 0 aromatic heterocycles. The molecule has 104 valence electrons. The normalized spacial score (nSPS) is 16.2. The predicted octanol–water partition coefficient (Wildman–Crippen LogP) is 2.12. The van der Waals surface area contributed by atoms with Gasteiger partial charge in [0.05, 0.1) is 0 Å². The highest BCUT2D eigenvalue weighted by Gasteiger charge is 2.41. The van der Waals surface area contributed by atoms with E-state index in [9.17, 15) is 14.7 Å². The van der Waals surface area contributed by atoms with E-state index >= 15 is 0 Å². The second-order valence-electron chi connectivity index (χ2n) is 5.67. The monoisotopic (exact) mass is 256 g/mol. The number of hydrogen-bond donors (Lipinski definition) is 3. The minimum atomic E-state index is -1.16. The standard InChI is InChI=1S/C13H24N2O3/c1-5-13(6-2,10(16)17)15-11(18)14-12(3,4)9-7-8-9/h9H,5-8H2,1-4H3,(H,16,17)(H2,14,15,18). The van der Waals surface area contributed by atoms with Gasteiger partial charge in [0.25, 0.3) is 0 Å². The highest BCUT2D eigenvalue weighted by atomic mass is 16.4. The number of hydrogen-bond acceptors (Lipinski definition) is 2. The Labute approximate surface area is 108 Å². The van der Waals surface area contributed by atoms with Gasteiger partial charge in [-0.3, -0.25) is 0 Å². The van der Waals surface area contributed by atoms with E-state index in [0.717, 1.165) is 12.8 Å². The van der Waals surface area contributed by atoms with Crippen molar-refractivity contribution < 1.29 is 14.7 Å². The third-order valence-corrected chi connectivity index (χ3v) is 4.00. The summed E-state index contributed by atoms with van der Waals surface area (Å²) in [6.45, 7) is 7.49. The van der Waals surface area contributed by atoms with Crippen LogP contribution in [0.15, 0.2) is 0 Å². The molecule has 0 saturated heterocycles. The van der Waals surface area contributed by atoms with Crippen LogP contribution in [0.3, 0.4) is 0 Å². The van der Waals surface area contributed by atoms with E-state index in [1.807, 2.05) is 13.8 Å². The van der Waals surface area contributed by atoms with Crippen molar-refractivity contribution in [1.82, 2.24) is 10.6 Å². The summed E-state index contributed by atoms with van der Waals surface area (Å²) in [6.07, 6.45) is 2.99. The molecule has 0 heterocycles. The highest BCUT2D eigenvalue weighted by molar-refractivity contribution is 5.86. The molecule has 0 unspecified atom stereocenters. The van der Waals surface area contributed by atoms with Crippen LogP contribution in [0.1, 0.15) is 53.4 Å². The Kier molecular flexibility index (Phi) is 4.24. The molecule has 2 amide bonds. The Hall–Kier alpha value is -1.26. The Morgan fingerprint density at radius 2 is 1.67 bits per heavy atom. The Bertz CT molecular complexity index is 331. The van der Waals surface area contributed by atoms with Gasteiger partial charge < -0.3 is 15.7 Å². The number of aliphatic carboxylic acids is 1. The molecule has 5 nitrogen and oxygen atoms in total. The van der Waals surface area contributed by atoms with Crippen molar-refractivity contribution in [3.8, 4) is 0 Å². The zero-order valence-electron chi connectivity index (χ0n) is 11.7. The van der Waals surface area contributed by atoms with E-state index in [1.54, 1.807) is 13.8 Å². The van der Waals surface area contributed by atoms with Crippen LogP contribution in [0.25, 0.3) is 0 Å². The van der Waals surface area contributed by atoms with Crippen molar-refractivity contribution >= 4 is 12.0 Å². The number of urea groups is 1. The van der Waals surface area contributed by atoms with Crippen molar-refractivity contribution in [2.24, 2.45) is 5.92 Å². The van der Waals surface area contributed by atoms with Gasteiger partial charge in [-0.25, -0.2) is 9.59 Å². The van der Waals surface area contributed by atoms with Gasteiger partial charge in [0, 0.05) is 5.54 Å². The molecule has 0 radical (unpaired) electrons. The van der Waals surface area contributed by atoms with E-state index in [-0.39, 0.29) is 5.54 Å². The lowest BCUT2D eigenvalue weighted by molar-refractivity contribution is -0.144. The second-order valence-corrected chi connectivity index (χ2v) is 5.67. The lowest BCUT2D eigenvalue weighted by atomic mass is 9.93. The first-order valence-electron chi connectivity index (χ1n) is 6.61. The average Bonchev–Trinajstić information content (AvgIpc) is 3.08. The highest BCUT2D eigenvalue weighted by Crippen LogP contribution is 2.39. The molecular weight excluding hydrogens is 232 g/mol. The molecule has 1 fully saturated rings. The fourth-order valence-electron chi connectivity index (χ4n) is 2.23. The van der Waals surface area contributed by atoms with Gasteiger partial charge in [-0.1, -0.05) is 13.8 Å². The third kappa shape index (κ3) is 3.15. The molecule has 1 saturated carbocycles. The van der Waals surface area contributed by atoms with Gasteiger partial charge in [0.2, 0.25) is 0 Å². The number of amides is 2. The molecule has 0 aromatic rings. The molecule has 3 N–H and O–H groups in total. The van der Waals surface area contributed by atoms with Gasteiger partial charge in [0.15, 0.2) is 0 Å². The van der Waals surface area contributed by atoms with Gasteiger partial charge in [-0.05, 0) is 45.4 Å². The molecule has 1 rings (SSSR count). The lowest BCUT2D eigenvalue weighted by Gasteiger charge is -2.32. The fraction of sp³-hybridized carbons (Fsp3) is 0.846. The van der Waals surface area contributed by atoms with Crippen LogP contribution >= 0.6 is 0 Å². The largest absolute Gasteiger partial charge is 0.480 e. The first kappa shape index (κ1) is 14.8. The van der Waals surface area contributed by atoms with Crippen molar-refractivity contribution in [1.29, 1.82) is 0 Å². The van der Waals surface area contributed by atoms with E-state index in [1.165, 1.54) is 0 Å². The summed E-state index contributed by atoms with van der Waals surface area (Å²) in [5, 5.41) is 14.8. The Balaban J connectivity index is 2.64. The molecule has 0 aromatic carbocycles. The summed E-state index contributed by atoms with van der Waals surface area (Å²) >= 11 is 0. The quantitative estimate of drug-likeness (QED) is 0.681. The van der Waals surface area contributed by atoms with Crippen LogP contribution in [-0.4, -0.2) is 28.2 Å². The second kappa shape index (κ2) is 5.16. The summed E-state index contributed by atoms with van der Waals surface area (Å²) < 4.78 is 0. The van der Waals surface area contributed by atoms with E-state index in [0.29, 0.717) is 18.8 Å². The van der Waals surface area contributed by atoms with Crippen LogP contribution in [-0.2, 0) is 4.79 Å². The van der Waals surface area contributed by atoms with Crippen molar-refractivity contribution in [3.05, 3.63) is 0 Å². The predicted molar refractivity (Wildman–Crippen MR) is 69.4 cm³/mol. The SMILES string of the molecule is CCC(CC)(NC(=O)NC(C)(C)C1CC1)C(=O)O. The summed E-state index contributed by atoms with van der Waals surface area (Å²) in [5.74, 6) is -0.474. The van der Waals surface area contributed by atoms with Crippen molar-refractivity contribution in [3.63, 3.8) is 0 Å². The molecule has 0 aliphatic heterocycles.